The lowest BCUT2D eigenvalue weighted by Crippen LogP contribution is -2.59. The molecule has 2 saturated heterocycles. The van der Waals surface area contributed by atoms with Crippen LogP contribution >= 0.6 is 0 Å². The van der Waals surface area contributed by atoms with Gasteiger partial charge in [-0.05, 0) is 52.0 Å². The van der Waals surface area contributed by atoms with E-state index in [1.165, 1.54) is 0 Å². The van der Waals surface area contributed by atoms with Crippen molar-refractivity contribution >= 4 is 5.97 Å². The number of carboxylic acid groups (broad SMARTS) is 1. The summed E-state index contributed by atoms with van der Waals surface area (Å²) in [5.41, 5.74) is -0.680. The van der Waals surface area contributed by atoms with E-state index in [1.807, 2.05) is 6.92 Å². The molecule has 2 aliphatic heterocycles. The molecule has 3 atom stereocenters. The lowest BCUT2D eigenvalue weighted by atomic mass is 9.84. The van der Waals surface area contributed by atoms with Crippen LogP contribution in [0.3, 0.4) is 0 Å². The lowest BCUT2D eigenvalue weighted by molar-refractivity contribution is -0.155. The maximum Gasteiger partial charge on any atom is 0.323 e. The Balaban J connectivity index is 2.12. The van der Waals surface area contributed by atoms with Gasteiger partial charge in [-0.1, -0.05) is 0 Å². The second-order valence-corrected chi connectivity index (χ2v) is 5.59. The number of likely N-dealkylation sites (tertiary alicyclic amines) is 1. The van der Waals surface area contributed by atoms with Crippen molar-refractivity contribution < 1.29 is 14.6 Å². The van der Waals surface area contributed by atoms with E-state index in [2.05, 4.69) is 11.8 Å². The van der Waals surface area contributed by atoms with Crippen molar-refractivity contribution in [2.45, 2.75) is 51.1 Å². The van der Waals surface area contributed by atoms with Gasteiger partial charge in [0.15, 0.2) is 0 Å². The van der Waals surface area contributed by atoms with Crippen LogP contribution in [0.25, 0.3) is 0 Å². The van der Waals surface area contributed by atoms with Gasteiger partial charge >= 0.3 is 5.97 Å². The molecular weight excluding hydrogens is 218 g/mol. The molecule has 0 aliphatic carbocycles. The highest BCUT2D eigenvalue weighted by molar-refractivity contribution is 5.78. The standard InChI is InChI=1S/C13H23NO3/c1-10(11-5-8-17-9-11)14-7-4-3-6-13(14,2)12(15)16/h10-11H,3-9H2,1-2H3,(H,15,16). The fourth-order valence-corrected chi connectivity index (χ4v) is 3.21. The lowest BCUT2D eigenvalue weighted by Gasteiger charge is -2.46. The minimum atomic E-state index is -0.680. The van der Waals surface area contributed by atoms with Crippen molar-refractivity contribution in [1.82, 2.24) is 4.90 Å². The molecule has 0 amide bonds. The Morgan fingerprint density at radius 2 is 2.29 bits per heavy atom. The number of hydrogen-bond donors (Lipinski definition) is 1. The summed E-state index contributed by atoms with van der Waals surface area (Å²) in [6.45, 7) is 6.55. The largest absolute Gasteiger partial charge is 0.480 e. The zero-order valence-electron chi connectivity index (χ0n) is 10.8. The maximum atomic E-state index is 11.5. The predicted octanol–water partition coefficient (Wildman–Crippen LogP) is 1.74. The van der Waals surface area contributed by atoms with Gasteiger partial charge in [-0.15, -0.1) is 0 Å². The van der Waals surface area contributed by atoms with Crippen LogP contribution in [0.15, 0.2) is 0 Å². The molecule has 4 heteroatoms. The number of rotatable bonds is 3. The Morgan fingerprint density at radius 1 is 1.53 bits per heavy atom. The molecule has 0 bridgehead atoms. The first kappa shape index (κ1) is 12.8. The van der Waals surface area contributed by atoms with Crippen LogP contribution in [-0.2, 0) is 9.53 Å². The number of piperidine rings is 1. The summed E-state index contributed by atoms with van der Waals surface area (Å²) in [6.07, 6.45) is 3.96. The van der Waals surface area contributed by atoms with Gasteiger partial charge in [0, 0.05) is 12.6 Å². The highest BCUT2D eigenvalue weighted by Gasteiger charge is 2.45. The van der Waals surface area contributed by atoms with Gasteiger partial charge in [-0.3, -0.25) is 9.69 Å². The fourth-order valence-electron chi connectivity index (χ4n) is 3.21. The second kappa shape index (κ2) is 4.94. The first-order valence-corrected chi connectivity index (χ1v) is 6.63. The van der Waals surface area contributed by atoms with Gasteiger partial charge in [-0.2, -0.15) is 0 Å². The maximum absolute atomic E-state index is 11.5. The minimum absolute atomic E-state index is 0.305. The quantitative estimate of drug-likeness (QED) is 0.817. The summed E-state index contributed by atoms with van der Waals surface area (Å²) in [5.74, 6) is -0.185. The Labute approximate surface area is 103 Å². The number of carboxylic acids is 1. The highest BCUT2D eigenvalue weighted by Crippen LogP contribution is 2.33. The van der Waals surface area contributed by atoms with Crippen molar-refractivity contribution in [3.8, 4) is 0 Å². The summed E-state index contributed by atoms with van der Waals surface area (Å²) < 4.78 is 5.42. The average molecular weight is 241 g/mol. The smallest absolute Gasteiger partial charge is 0.323 e. The van der Waals surface area contributed by atoms with E-state index in [4.69, 9.17) is 4.74 Å². The topological polar surface area (TPSA) is 49.8 Å². The van der Waals surface area contributed by atoms with E-state index in [9.17, 15) is 9.90 Å². The van der Waals surface area contributed by atoms with Crippen molar-refractivity contribution in [1.29, 1.82) is 0 Å². The summed E-state index contributed by atoms with van der Waals surface area (Å²) >= 11 is 0. The molecule has 98 valence electrons. The van der Waals surface area contributed by atoms with Crippen LogP contribution in [0.5, 0.6) is 0 Å². The molecular formula is C13H23NO3. The van der Waals surface area contributed by atoms with E-state index in [1.54, 1.807) is 0 Å². The number of ether oxygens (including phenoxy) is 1. The van der Waals surface area contributed by atoms with E-state index in [0.717, 1.165) is 45.4 Å². The van der Waals surface area contributed by atoms with E-state index in [-0.39, 0.29) is 0 Å². The molecule has 0 aromatic carbocycles. The molecule has 2 aliphatic rings. The third-order valence-corrected chi connectivity index (χ3v) is 4.55. The van der Waals surface area contributed by atoms with Gasteiger partial charge in [0.2, 0.25) is 0 Å². The molecule has 4 nitrogen and oxygen atoms in total. The average Bonchev–Trinajstić information content (AvgIpc) is 2.82. The molecule has 2 rings (SSSR count). The summed E-state index contributed by atoms with van der Waals surface area (Å²) in [4.78, 5) is 13.7. The molecule has 0 aromatic rings. The van der Waals surface area contributed by atoms with Crippen LogP contribution < -0.4 is 0 Å². The van der Waals surface area contributed by atoms with Crippen LogP contribution in [0.1, 0.15) is 39.5 Å². The Bertz CT molecular complexity index is 288. The monoisotopic (exact) mass is 241 g/mol. The second-order valence-electron chi connectivity index (χ2n) is 5.59. The van der Waals surface area contributed by atoms with Gasteiger partial charge in [0.05, 0.1) is 6.61 Å². The molecule has 17 heavy (non-hydrogen) atoms. The molecule has 0 aromatic heterocycles. The Kier molecular flexibility index (Phi) is 3.73. The highest BCUT2D eigenvalue weighted by atomic mass is 16.5. The van der Waals surface area contributed by atoms with Gasteiger partial charge in [0.1, 0.15) is 5.54 Å². The minimum Gasteiger partial charge on any atom is -0.480 e. The summed E-state index contributed by atoms with van der Waals surface area (Å²) in [7, 11) is 0. The fraction of sp³-hybridized carbons (Fsp3) is 0.923. The third-order valence-electron chi connectivity index (χ3n) is 4.55. The number of carbonyl (C=O) groups is 1. The van der Waals surface area contributed by atoms with Crippen molar-refractivity contribution in [2.24, 2.45) is 5.92 Å². The van der Waals surface area contributed by atoms with E-state index in [0.29, 0.717) is 12.0 Å². The predicted molar refractivity (Wildman–Crippen MR) is 65.0 cm³/mol. The Hall–Kier alpha value is -0.610. The Morgan fingerprint density at radius 3 is 2.88 bits per heavy atom. The number of aliphatic carboxylic acids is 1. The van der Waals surface area contributed by atoms with Crippen LogP contribution in [0, 0.1) is 5.92 Å². The van der Waals surface area contributed by atoms with Gasteiger partial charge in [0.25, 0.3) is 0 Å². The first-order valence-electron chi connectivity index (χ1n) is 6.63. The first-order chi connectivity index (χ1) is 8.05. The molecule has 0 saturated carbocycles. The molecule has 2 heterocycles. The summed E-state index contributed by atoms with van der Waals surface area (Å²) in [5, 5.41) is 9.49. The zero-order chi connectivity index (χ0) is 12.5. The normalized spacial score (nSPS) is 36.9. The molecule has 0 radical (unpaired) electrons. The van der Waals surface area contributed by atoms with Crippen molar-refractivity contribution in [3.05, 3.63) is 0 Å². The SMILES string of the molecule is CC(C1CCOC1)N1CCCCC1(C)C(=O)O. The van der Waals surface area contributed by atoms with Crippen molar-refractivity contribution in [2.75, 3.05) is 19.8 Å². The number of hydrogen-bond acceptors (Lipinski definition) is 3. The van der Waals surface area contributed by atoms with Crippen LogP contribution in [0.4, 0.5) is 0 Å². The van der Waals surface area contributed by atoms with E-state index >= 15 is 0 Å². The third kappa shape index (κ3) is 2.33. The van der Waals surface area contributed by atoms with Gasteiger partial charge in [-0.25, -0.2) is 0 Å². The molecule has 2 fully saturated rings. The summed E-state index contributed by atoms with van der Waals surface area (Å²) in [6, 6.07) is 0.305. The van der Waals surface area contributed by atoms with Crippen LogP contribution in [-0.4, -0.2) is 47.3 Å². The van der Waals surface area contributed by atoms with Crippen LogP contribution in [0.2, 0.25) is 0 Å². The molecule has 0 spiro atoms. The molecule has 3 unspecified atom stereocenters. The van der Waals surface area contributed by atoms with Crippen molar-refractivity contribution in [3.63, 3.8) is 0 Å². The zero-order valence-corrected chi connectivity index (χ0v) is 10.8. The van der Waals surface area contributed by atoms with E-state index < -0.39 is 11.5 Å². The molecule has 1 N–H and O–H groups in total. The van der Waals surface area contributed by atoms with Gasteiger partial charge < -0.3 is 9.84 Å². The number of nitrogens with zero attached hydrogens (tertiary/aromatic N) is 1.